The summed E-state index contributed by atoms with van der Waals surface area (Å²) in [6.07, 6.45) is 2.55. The minimum absolute atomic E-state index is 0.283. The molecule has 17 heavy (non-hydrogen) atoms. The van der Waals surface area contributed by atoms with Gasteiger partial charge in [0.25, 0.3) is 0 Å². The minimum atomic E-state index is -0.283. The van der Waals surface area contributed by atoms with Crippen LogP contribution >= 0.6 is 0 Å². The zero-order valence-corrected chi connectivity index (χ0v) is 10.2. The Kier molecular flexibility index (Phi) is 3.84. The van der Waals surface area contributed by atoms with Crippen molar-refractivity contribution in [2.45, 2.75) is 19.8 Å². The molecule has 1 heterocycles. The number of nitrogen functional groups attached to an aromatic ring is 1. The molecule has 0 radical (unpaired) electrons. The lowest BCUT2D eigenvalue weighted by Crippen LogP contribution is -2.25. The summed E-state index contributed by atoms with van der Waals surface area (Å²) in [6, 6.07) is 2.98. The Hall–Kier alpha value is -1.29. The van der Waals surface area contributed by atoms with Gasteiger partial charge in [-0.05, 0) is 44.5 Å². The first kappa shape index (κ1) is 12.2. The number of hydrogen-bond donors (Lipinski definition) is 1. The maximum atomic E-state index is 13.2. The van der Waals surface area contributed by atoms with Crippen LogP contribution in [-0.2, 0) is 0 Å². The van der Waals surface area contributed by atoms with Crippen molar-refractivity contribution >= 4 is 5.69 Å². The molecule has 1 aliphatic heterocycles. The van der Waals surface area contributed by atoms with Crippen LogP contribution in [0.1, 0.15) is 18.4 Å². The molecule has 1 aromatic rings. The SMILES string of the molecule is Cc1cc(OCCN2CCCC2)c(N)cc1F. The van der Waals surface area contributed by atoms with Crippen LogP contribution < -0.4 is 10.5 Å². The van der Waals surface area contributed by atoms with E-state index in [1.165, 1.54) is 18.9 Å². The van der Waals surface area contributed by atoms with E-state index in [1.807, 2.05) is 0 Å². The van der Waals surface area contributed by atoms with Gasteiger partial charge in [-0.3, -0.25) is 4.90 Å². The van der Waals surface area contributed by atoms with Gasteiger partial charge in [-0.1, -0.05) is 0 Å². The normalized spacial score (nSPS) is 16.4. The minimum Gasteiger partial charge on any atom is -0.490 e. The zero-order valence-electron chi connectivity index (χ0n) is 10.2. The van der Waals surface area contributed by atoms with Gasteiger partial charge in [-0.25, -0.2) is 4.39 Å². The van der Waals surface area contributed by atoms with Crippen LogP contribution in [0.4, 0.5) is 10.1 Å². The molecule has 0 saturated carbocycles. The second-order valence-electron chi connectivity index (χ2n) is 4.54. The maximum Gasteiger partial charge on any atom is 0.142 e. The third kappa shape index (κ3) is 3.09. The van der Waals surface area contributed by atoms with E-state index in [0.29, 0.717) is 23.6 Å². The third-order valence-corrected chi connectivity index (χ3v) is 3.15. The molecule has 0 amide bonds. The van der Waals surface area contributed by atoms with Crippen molar-refractivity contribution in [3.8, 4) is 5.75 Å². The number of aryl methyl sites for hydroxylation is 1. The van der Waals surface area contributed by atoms with E-state index in [-0.39, 0.29) is 5.82 Å². The summed E-state index contributed by atoms with van der Waals surface area (Å²) in [6.45, 7) is 5.54. The van der Waals surface area contributed by atoms with Gasteiger partial charge in [0.1, 0.15) is 18.2 Å². The Bertz CT molecular complexity index is 389. The Labute approximate surface area is 101 Å². The van der Waals surface area contributed by atoms with Gasteiger partial charge < -0.3 is 10.5 Å². The standard InChI is InChI=1S/C13H19FN2O/c1-10-8-13(12(15)9-11(10)14)17-7-6-16-4-2-3-5-16/h8-9H,2-7,15H2,1H3. The highest BCUT2D eigenvalue weighted by atomic mass is 19.1. The molecule has 0 spiro atoms. The molecule has 0 atom stereocenters. The Morgan fingerprint density at radius 1 is 1.35 bits per heavy atom. The van der Waals surface area contributed by atoms with Gasteiger partial charge in [0, 0.05) is 12.6 Å². The van der Waals surface area contributed by atoms with Crippen molar-refractivity contribution in [2.24, 2.45) is 0 Å². The van der Waals surface area contributed by atoms with Crippen LogP contribution in [-0.4, -0.2) is 31.1 Å². The van der Waals surface area contributed by atoms with Crippen LogP contribution in [0, 0.1) is 12.7 Å². The molecule has 1 saturated heterocycles. The Balaban J connectivity index is 1.87. The number of anilines is 1. The molecule has 4 heteroatoms. The van der Waals surface area contributed by atoms with Gasteiger partial charge in [0.05, 0.1) is 5.69 Å². The maximum absolute atomic E-state index is 13.2. The molecule has 0 unspecified atom stereocenters. The first-order valence-corrected chi connectivity index (χ1v) is 6.07. The first-order chi connectivity index (χ1) is 8.16. The van der Waals surface area contributed by atoms with Crippen molar-refractivity contribution in [3.63, 3.8) is 0 Å². The Morgan fingerprint density at radius 3 is 2.76 bits per heavy atom. The molecule has 1 aromatic carbocycles. The number of ether oxygens (including phenoxy) is 1. The molecule has 1 fully saturated rings. The monoisotopic (exact) mass is 238 g/mol. The second kappa shape index (κ2) is 5.36. The largest absolute Gasteiger partial charge is 0.490 e. The predicted molar refractivity (Wildman–Crippen MR) is 66.7 cm³/mol. The molecule has 1 aliphatic rings. The quantitative estimate of drug-likeness (QED) is 0.817. The third-order valence-electron chi connectivity index (χ3n) is 3.15. The Morgan fingerprint density at radius 2 is 2.06 bits per heavy atom. The van der Waals surface area contributed by atoms with E-state index in [2.05, 4.69) is 4.90 Å². The van der Waals surface area contributed by atoms with Gasteiger partial charge in [-0.15, -0.1) is 0 Å². The summed E-state index contributed by atoms with van der Waals surface area (Å²) in [5, 5.41) is 0. The zero-order chi connectivity index (χ0) is 12.3. The van der Waals surface area contributed by atoms with Gasteiger partial charge in [-0.2, -0.15) is 0 Å². The summed E-state index contributed by atoms with van der Waals surface area (Å²) in [5.74, 6) is 0.303. The van der Waals surface area contributed by atoms with E-state index in [9.17, 15) is 4.39 Å². The average Bonchev–Trinajstić information content (AvgIpc) is 2.78. The van der Waals surface area contributed by atoms with Crippen LogP contribution in [0.5, 0.6) is 5.75 Å². The van der Waals surface area contributed by atoms with Crippen molar-refractivity contribution in [1.82, 2.24) is 4.90 Å². The van der Waals surface area contributed by atoms with Crippen LogP contribution in [0.3, 0.4) is 0 Å². The number of likely N-dealkylation sites (tertiary alicyclic amines) is 1. The van der Waals surface area contributed by atoms with Crippen LogP contribution in [0.25, 0.3) is 0 Å². The predicted octanol–water partition coefficient (Wildman–Crippen LogP) is 2.19. The molecule has 0 aromatic heterocycles. The molecular formula is C13H19FN2O. The van der Waals surface area contributed by atoms with Gasteiger partial charge in [0.2, 0.25) is 0 Å². The second-order valence-corrected chi connectivity index (χ2v) is 4.54. The number of halogens is 1. The molecule has 0 aliphatic carbocycles. The summed E-state index contributed by atoms with van der Waals surface area (Å²) in [5.41, 5.74) is 6.64. The highest BCUT2D eigenvalue weighted by Gasteiger charge is 2.11. The van der Waals surface area contributed by atoms with Crippen LogP contribution in [0.15, 0.2) is 12.1 Å². The van der Waals surface area contributed by atoms with Crippen molar-refractivity contribution in [2.75, 3.05) is 32.0 Å². The summed E-state index contributed by atoms with van der Waals surface area (Å²) in [7, 11) is 0. The van der Waals surface area contributed by atoms with E-state index < -0.39 is 0 Å². The topological polar surface area (TPSA) is 38.5 Å². The lowest BCUT2D eigenvalue weighted by atomic mass is 10.2. The molecular weight excluding hydrogens is 219 g/mol. The van der Waals surface area contributed by atoms with Crippen molar-refractivity contribution < 1.29 is 9.13 Å². The van der Waals surface area contributed by atoms with Gasteiger partial charge >= 0.3 is 0 Å². The molecule has 2 rings (SSSR count). The number of nitrogens with zero attached hydrogens (tertiary/aromatic N) is 1. The number of hydrogen-bond acceptors (Lipinski definition) is 3. The van der Waals surface area contributed by atoms with Crippen molar-refractivity contribution in [3.05, 3.63) is 23.5 Å². The fourth-order valence-corrected chi connectivity index (χ4v) is 2.09. The van der Waals surface area contributed by atoms with Gasteiger partial charge in [0.15, 0.2) is 0 Å². The number of nitrogens with two attached hydrogens (primary N) is 1. The fraction of sp³-hybridized carbons (Fsp3) is 0.538. The van der Waals surface area contributed by atoms with E-state index >= 15 is 0 Å². The average molecular weight is 238 g/mol. The molecule has 3 nitrogen and oxygen atoms in total. The lowest BCUT2D eigenvalue weighted by Gasteiger charge is -2.16. The smallest absolute Gasteiger partial charge is 0.142 e. The molecule has 0 bridgehead atoms. The highest BCUT2D eigenvalue weighted by Crippen LogP contribution is 2.24. The fourth-order valence-electron chi connectivity index (χ4n) is 2.09. The van der Waals surface area contributed by atoms with Crippen molar-refractivity contribution in [1.29, 1.82) is 0 Å². The number of rotatable bonds is 4. The lowest BCUT2D eigenvalue weighted by molar-refractivity contribution is 0.238. The van der Waals surface area contributed by atoms with E-state index in [0.717, 1.165) is 19.6 Å². The molecule has 94 valence electrons. The summed E-state index contributed by atoms with van der Waals surface area (Å²) in [4.78, 5) is 2.37. The highest BCUT2D eigenvalue weighted by molar-refractivity contribution is 5.54. The summed E-state index contributed by atoms with van der Waals surface area (Å²) >= 11 is 0. The van der Waals surface area contributed by atoms with E-state index in [1.54, 1.807) is 13.0 Å². The summed E-state index contributed by atoms with van der Waals surface area (Å²) < 4.78 is 18.8. The molecule has 2 N–H and O–H groups in total. The van der Waals surface area contributed by atoms with Crippen LogP contribution in [0.2, 0.25) is 0 Å². The first-order valence-electron chi connectivity index (χ1n) is 6.07. The van der Waals surface area contributed by atoms with E-state index in [4.69, 9.17) is 10.5 Å². The number of benzene rings is 1.